The van der Waals surface area contributed by atoms with Crippen LogP contribution in [0.15, 0.2) is 0 Å². The van der Waals surface area contributed by atoms with Gasteiger partial charge >= 0.3 is 0 Å². The van der Waals surface area contributed by atoms with Crippen molar-refractivity contribution >= 4 is 0 Å². The average Bonchev–Trinajstić information content (AvgIpc) is 2.15. The van der Waals surface area contributed by atoms with E-state index in [-0.39, 0.29) is 0 Å². The van der Waals surface area contributed by atoms with Crippen LogP contribution in [0, 0.1) is 0 Å². The highest BCUT2D eigenvalue weighted by molar-refractivity contribution is 4.67. The zero-order valence-corrected chi connectivity index (χ0v) is 6.05. The lowest BCUT2D eigenvalue weighted by molar-refractivity contribution is 0.0910. The summed E-state index contributed by atoms with van der Waals surface area (Å²) >= 11 is 0. The molecule has 1 aliphatic rings. The van der Waals surface area contributed by atoms with Crippen LogP contribution in [0.2, 0.25) is 0 Å². The van der Waals surface area contributed by atoms with Gasteiger partial charge in [-0.1, -0.05) is 0 Å². The van der Waals surface area contributed by atoms with Crippen molar-refractivity contribution in [2.75, 3.05) is 33.9 Å². The fraction of sp³-hybridized carbons (Fsp3) is 1.00. The summed E-state index contributed by atoms with van der Waals surface area (Å²) in [6.45, 7) is 2.74. The van der Waals surface area contributed by atoms with E-state index >= 15 is 0 Å². The van der Waals surface area contributed by atoms with Crippen LogP contribution in [0.3, 0.4) is 0 Å². The number of hydrogen-bond donors (Lipinski definition) is 1. The summed E-state index contributed by atoms with van der Waals surface area (Å²) in [4.78, 5) is 2.14. The van der Waals surface area contributed by atoms with Gasteiger partial charge in [-0.3, -0.25) is 5.32 Å². The molecule has 3 nitrogen and oxygen atoms in total. The number of hydrogen-bond acceptors (Lipinski definition) is 3. The predicted molar refractivity (Wildman–Crippen MR) is 36.3 cm³/mol. The predicted octanol–water partition coefficient (Wildman–Crippen LogP) is -0.506. The molecule has 1 heterocycles. The zero-order chi connectivity index (χ0) is 6.69. The molecule has 54 valence electrons. The number of nitrogens with one attached hydrogen (secondary N) is 1. The molecule has 1 rings (SSSR count). The Kier molecular flexibility index (Phi) is 2.45. The van der Waals surface area contributed by atoms with Crippen molar-refractivity contribution in [1.82, 2.24) is 10.2 Å². The van der Waals surface area contributed by atoms with E-state index in [0.717, 1.165) is 19.8 Å². The van der Waals surface area contributed by atoms with E-state index in [0.29, 0.717) is 6.10 Å². The molecule has 9 heavy (non-hydrogen) atoms. The molecular weight excluding hydrogens is 116 g/mol. The second-order valence-corrected chi connectivity index (χ2v) is 2.65. The Labute approximate surface area is 56.0 Å². The van der Waals surface area contributed by atoms with Gasteiger partial charge in [0.05, 0.1) is 12.8 Å². The van der Waals surface area contributed by atoms with E-state index in [1.165, 1.54) is 0 Å². The molecule has 0 amide bonds. The first-order valence-corrected chi connectivity index (χ1v) is 3.26. The lowest BCUT2D eigenvalue weighted by Crippen LogP contribution is -2.28. The Bertz CT molecular complexity index is 79.1. The van der Waals surface area contributed by atoms with E-state index < -0.39 is 0 Å². The van der Waals surface area contributed by atoms with Gasteiger partial charge < -0.3 is 9.64 Å². The van der Waals surface area contributed by atoms with Gasteiger partial charge in [0.1, 0.15) is 0 Å². The standard InChI is InChI=1S/C6H14N2O/c1-8(2)4-6-3-7-5-9-6/h6-7H,3-5H2,1-2H3. The van der Waals surface area contributed by atoms with E-state index in [4.69, 9.17) is 4.74 Å². The lowest BCUT2D eigenvalue weighted by Gasteiger charge is -2.13. The molecule has 1 atom stereocenters. The van der Waals surface area contributed by atoms with E-state index in [1.54, 1.807) is 0 Å². The van der Waals surface area contributed by atoms with Crippen molar-refractivity contribution in [2.24, 2.45) is 0 Å². The Balaban J connectivity index is 2.11. The Morgan fingerprint density at radius 1 is 1.67 bits per heavy atom. The number of likely N-dealkylation sites (N-methyl/N-ethyl adjacent to an activating group) is 1. The van der Waals surface area contributed by atoms with Gasteiger partial charge in [0, 0.05) is 13.1 Å². The quantitative estimate of drug-likeness (QED) is 0.545. The molecular formula is C6H14N2O. The maximum Gasteiger partial charge on any atom is 0.0971 e. The van der Waals surface area contributed by atoms with Gasteiger partial charge in [0.25, 0.3) is 0 Å². The minimum atomic E-state index is 0.403. The molecule has 0 radical (unpaired) electrons. The van der Waals surface area contributed by atoms with Gasteiger partial charge in [-0.15, -0.1) is 0 Å². The maximum absolute atomic E-state index is 5.31. The van der Waals surface area contributed by atoms with Gasteiger partial charge in [-0.25, -0.2) is 0 Å². The van der Waals surface area contributed by atoms with Crippen LogP contribution >= 0.6 is 0 Å². The van der Waals surface area contributed by atoms with Crippen LogP contribution in [-0.4, -0.2) is 44.9 Å². The van der Waals surface area contributed by atoms with Crippen molar-refractivity contribution in [3.63, 3.8) is 0 Å². The van der Waals surface area contributed by atoms with Gasteiger partial charge in [-0.2, -0.15) is 0 Å². The summed E-state index contributed by atoms with van der Waals surface area (Å²) in [5.74, 6) is 0. The highest BCUT2D eigenvalue weighted by Crippen LogP contribution is 1.96. The second kappa shape index (κ2) is 3.15. The highest BCUT2D eigenvalue weighted by atomic mass is 16.5. The molecule has 1 N–H and O–H groups in total. The normalized spacial score (nSPS) is 27.7. The zero-order valence-electron chi connectivity index (χ0n) is 6.05. The van der Waals surface area contributed by atoms with Crippen LogP contribution in [0.5, 0.6) is 0 Å². The fourth-order valence-corrected chi connectivity index (χ4v) is 0.980. The summed E-state index contributed by atoms with van der Waals surface area (Å²) in [6, 6.07) is 0. The smallest absolute Gasteiger partial charge is 0.0971 e. The monoisotopic (exact) mass is 130 g/mol. The molecule has 0 spiro atoms. The average molecular weight is 130 g/mol. The summed E-state index contributed by atoms with van der Waals surface area (Å²) in [5.41, 5.74) is 0. The number of rotatable bonds is 2. The molecule has 0 aromatic heterocycles. The first-order chi connectivity index (χ1) is 4.29. The van der Waals surface area contributed by atoms with Crippen LogP contribution in [-0.2, 0) is 4.74 Å². The molecule has 1 fully saturated rings. The topological polar surface area (TPSA) is 24.5 Å². The third-order valence-corrected chi connectivity index (χ3v) is 1.36. The molecule has 1 aliphatic heterocycles. The third kappa shape index (κ3) is 2.30. The summed E-state index contributed by atoms with van der Waals surface area (Å²) < 4.78 is 5.31. The molecule has 0 saturated carbocycles. The lowest BCUT2D eigenvalue weighted by atomic mass is 10.3. The molecule has 0 aromatic rings. The maximum atomic E-state index is 5.31. The number of ether oxygens (including phenoxy) is 1. The van der Waals surface area contributed by atoms with Gasteiger partial charge in [0.2, 0.25) is 0 Å². The molecule has 0 aliphatic carbocycles. The highest BCUT2D eigenvalue weighted by Gasteiger charge is 2.14. The SMILES string of the molecule is CN(C)CC1CNCO1. The summed E-state index contributed by atoms with van der Waals surface area (Å²) in [7, 11) is 4.11. The van der Waals surface area contributed by atoms with Crippen LogP contribution in [0.25, 0.3) is 0 Å². The summed E-state index contributed by atoms with van der Waals surface area (Å²) in [5, 5.41) is 3.13. The van der Waals surface area contributed by atoms with E-state index in [9.17, 15) is 0 Å². The second-order valence-electron chi connectivity index (χ2n) is 2.65. The molecule has 0 aromatic carbocycles. The van der Waals surface area contributed by atoms with Crippen LogP contribution in [0.4, 0.5) is 0 Å². The largest absolute Gasteiger partial charge is 0.360 e. The van der Waals surface area contributed by atoms with Gasteiger partial charge in [-0.05, 0) is 14.1 Å². The fourth-order valence-electron chi connectivity index (χ4n) is 0.980. The van der Waals surface area contributed by atoms with Crippen molar-refractivity contribution in [2.45, 2.75) is 6.10 Å². The Morgan fingerprint density at radius 3 is 2.89 bits per heavy atom. The Morgan fingerprint density at radius 2 is 2.44 bits per heavy atom. The van der Waals surface area contributed by atoms with Crippen molar-refractivity contribution in [1.29, 1.82) is 0 Å². The van der Waals surface area contributed by atoms with E-state index in [2.05, 4.69) is 24.3 Å². The molecule has 1 unspecified atom stereocenters. The van der Waals surface area contributed by atoms with Crippen molar-refractivity contribution in [3.05, 3.63) is 0 Å². The van der Waals surface area contributed by atoms with Crippen LogP contribution < -0.4 is 5.32 Å². The third-order valence-electron chi connectivity index (χ3n) is 1.36. The van der Waals surface area contributed by atoms with Gasteiger partial charge in [0.15, 0.2) is 0 Å². The van der Waals surface area contributed by atoms with Crippen molar-refractivity contribution in [3.8, 4) is 0 Å². The minimum absolute atomic E-state index is 0.403. The Hall–Kier alpha value is -0.120. The number of nitrogens with zero attached hydrogens (tertiary/aromatic N) is 1. The first kappa shape index (κ1) is 6.99. The first-order valence-electron chi connectivity index (χ1n) is 3.26. The minimum Gasteiger partial charge on any atom is -0.360 e. The molecule has 1 saturated heterocycles. The molecule has 3 heteroatoms. The molecule has 0 bridgehead atoms. The summed E-state index contributed by atoms with van der Waals surface area (Å²) in [6.07, 6.45) is 0.403. The van der Waals surface area contributed by atoms with Crippen LogP contribution in [0.1, 0.15) is 0 Å². The van der Waals surface area contributed by atoms with Crippen molar-refractivity contribution < 1.29 is 4.74 Å². The van der Waals surface area contributed by atoms with E-state index in [1.807, 2.05) is 0 Å².